The number of carbonyl (C=O) groups is 2. The minimum Gasteiger partial charge on any atom is -0.397 e. The summed E-state index contributed by atoms with van der Waals surface area (Å²) in [6.45, 7) is 6.59. The molecule has 0 saturated carbocycles. The quantitative estimate of drug-likeness (QED) is 0.223. The van der Waals surface area contributed by atoms with Gasteiger partial charge in [0.1, 0.15) is 0 Å². The molecule has 11 nitrogen and oxygen atoms in total. The number of piperidine rings is 2. The van der Waals surface area contributed by atoms with Crippen LogP contribution in [-0.4, -0.2) is 111 Å². The van der Waals surface area contributed by atoms with E-state index in [1.807, 2.05) is 34.1 Å². The molecule has 3 N–H and O–H groups in total. The van der Waals surface area contributed by atoms with E-state index >= 15 is 0 Å². The molecule has 3 saturated heterocycles. The molecule has 0 radical (unpaired) electrons. The van der Waals surface area contributed by atoms with Crippen molar-refractivity contribution in [3.05, 3.63) is 69.2 Å². The predicted molar refractivity (Wildman–Crippen MR) is 197 cm³/mol. The lowest BCUT2D eigenvalue weighted by molar-refractivity contribution is -0.143. The summed E-state index contributed by atoms with van der Waals surface area (Å²) in [6, 6.07) is 11.7. The monoisotopic (exact) mass is 696 g/mol. The highest BCUT2D eigenvalue weighted by Gasteiger charge is 2.34. The Bertz CT molecular complexity index is 1990. The number of anilines is 1. The molecule has 2 amide bonds. The fraction of sp³-hybridized carbons (Fsp3) is 0.474. The molecule has 50 heavy (non-hydrogen) atoms. The maximum Gasteiger partial charge on any atom is 0.326 e. The molecular weight excluding hydrogens is 652 g/mol. The largest absolute Gasteiger partial charge is 0.397 e. The number of pyridine rings is 1. The number of hydrogen-bond acceptors (Lipinski definition) is 7. The van der Waals surface area contributed by atoms with Crippen molar-refractivity contribution < 1.29 is 9.59 Å². The van der Waals surface area contributed by atoms with E-state index < -0.39 is 5.92 Å². The van der Waals surface area contributed by atoms with Gasteiger partial charge in [0.25, 0.3) is 0 Å². The highest BCUT2D eigenvalue weighted by atomic mass is 35.5. The van der Waals surface area contributed by atoms with Crippen molar-refractivity contribution in [2.24, 2.45) is 5.92 Å². The summed E-state index contributed by atoms with van der Waals surface area (Å²) in [7, 11) is 2.16. The van der Waals surface area contributed by atoms with Crippen LogP contribution in [0.3, 0.4) is 0 Å². The van der Waals surface area contributed by atoms with E-state index in [1.54, 1.807) is 22.9 Å². The highest BCUT2D eigenvalue weighted by molar-refractivity contribution is 6.33. The standard InChI is InChI=1S/C38H45ClN8O3/c1-3-26-20-25(22-31(39)35(26)40)21-27(37(49)46-14-8-28(9-15-46)44-18-16-43(2)17-19-44)23-34(48)45-12-10-29(11-13-45)47-33-24-41-32-7-5-4-6-30(32)36(33)42-38(47)50/h1,4-7,20,22,24,27-29H,8-19,21,23,40H2,2H3,(H,42,50)/t27-/m0/s1. The van der Waals surface area contributed by atoms with Crippen molar-refractivity contribution in [2.75, 3.05) is 65.1 Å². The normalized spacial score (nSPS) is 19.2. The number of aromatic amines is 1. The second-order valence-electron chi connectivity index (χ2n) is 14.1. The molecule has 0 aliphatic carbocycles. The average molecular weight is 697 g/mol. The zero-order valence-corrected chi connectivity index (χ0v) is 29.4. The number of likely N-dealkylation sites (tertiary alicyclic amines) is 2. The molecule has 0 unspecified atom stereocenters. The number of imidazole rings is 1. The molecule has 2 aromatic heterocycles. The molecule has 1 atom stereocenters. The van der Waals surface area contributed by atoms with Crippen LogP contribution in [0.2, 0.25) is 5.02 Å². The van der Waals surface area contributed by atoms with Crippen LogP contribution in [0.5, 0.6) is 0 Å². The molecule has 2 aromatic carbocycles. The Morgan fingerprint density at radius 1 is 1.00 bits per heavy atom. The lowest BCUT2D eigenvalue weighted by Gasteiger charge is -2.42. The van der Waals surface area contributed by atoms with E-state index in [-0.39, 0.29) is 30.0 Å². The maximum atomic E-state index is 14.2. The van der Waals surface area contributed by atoms with Gasteiger partial charge in [-0.1, -0.05) is 35.7 Å². The first-order valence-corrected chi connectivity index (χ1v) is 18.1. The predicted octanol–water partition coefficient (Wildman–Crippen LogP) is 3.75. The Morgan fingerprint density at radius 3 is 2.40 bits per heavy atom. The SMILES string of the molecule is C#Cc1cc(C[C@@H](CC(=O)N2CCC(n3c(=O)[nH]c4c5ccccc5ncc43)CC2)C(=O)N2CCC(N3CCN(C)CC3)CC2)cc(Cl)c1N. The van der Waals surface area contributed by atoms with Gasteiger partial charge in [-0.15, -0.1) is 6.42 Å². The number of likely N-dealkylation sites (N-methyl/N-ethyl adjacent to an activating group) is 1. The van der Waals surface area contributed by atoms with Gasteiger partial charge in [0, 0.05) is 81.8 Å². The molecular formula is C38H45ClN8O3. The van der Waals surface area contributed by atoms with E-state index in [4.69, 9.17) is 23.8 Å². The summed E-state index contributed by atoms with van der Waals surface area (Å²) in [5.74, 6) is 1.95. The van der Waals surface area contributed by atoms with Crippen LogP contribution in [0.25, 0.3) is 21.9 Å². The number of piperazine rings is 1. The van der Waals surface area contributed by atoms with E-state index in [1.165, 1.54) is 0 Å². The number of fused-ring (bicyclic) bond motifs is 3. The molecule has 5 heterocycles. The van der Waals surface area contributed by atoms with Gasteiger partial charge in [-0.3, -0.25) is 24.0 Å². The first kappa shape index (κ1) is 34.1. The Labute approximate surface area is 297 Å². The van der Waals surface area contributed by atoms with Crippen LogP contribution in [0.4, 0.5) is 5.69 Å². The number of rotatable bonds is 7. The topological polar surface area (TPSA) is 124 Å². The summed E-state index contributed by atoms with van der Waals surface area (Å²) in [6.07, 6.45) is 11.0. The third-order valence-electron chi connectivity index (χ3n) is 11.1. The fourth-order valence-corrected chi connectivity index (χ4v) is 8.38. The summed E-state index contributed by atoms with van der Waals surface area (Å²) < 4.78 is 1.79. The number of H-pyrrole nitrogens is 1. The number of nitrogen functional groups attached to an aromatic ring is 1. The van der Waals surface area contributed by atoms with Gasteiger partial charge in [-0.2, -0.15) is 0 Å². The number of nitrogens with one attached hydrogen (secondary N) is 1. The van der Waals surface area contributed by atoms with Crippen LogP contribution in [-0.2, 0) is 16.0 Å². The van der Waals surface area contributed by atoms with Crippen molar-refractivity contribution in [1.29, 1.82) is 0 Å². The zero-order chi connectivity index (χ0) is 34.9. The molecule has 12 heteroatoms. The van der Waals surface area contributed by atoms with E-state index in [0.717, 1.165) is 66.5 Å². The number of halogens is 1. The number of terminal acetylenes is 1. The molecule has 3 aliphatic heterocycles. The third kappa shape index (κ3) is 6.84. The molecule has 3 aliphatic rings. The number of hydrogen-bond donors (Lipinski definition) is 2. The second-order valence-corrected chi connectivity index (χ2v) is 14.5. The Hall–Kier alpha value is -4.37. The number of nitrogens with two attached hydrogens (primary N) is 1. The van der Waals surface area contributed by atoms with Crippen LogP contribution < -0.4 is 11.4 Å². The fourth-order valence-electron chi connectivity index (χ4n) is 8.14. The average Bonchev–Trinajstić information content (AvgIpc) is 3.49. The number of nitrogens with zero attached hydrogens (tertiary/aromatic N) is 6. The van der Waals surface area contributed by atoms with Crippen molar-refractivity contribution in [2.45, 2.75) is 50.6 Å². The van der Waals surface area contributed by atoms with Crippen LogP contribution in [0.15, 0.2) is 47.4 Å². The Kier molecular flexibility index (Phi) is 9.87. The summed E-state index contributed by atoms with van der Waals surface area (Å²) in [5.41, 5.74) is 9.92. The van der Waals surface area contributed by atoms with Crippen LogP contribution >= 0.6 is 11.6 Å². The number of carbonyl (C=O) groups excluding carboxylic acids is 2. The van der Waals surface area contributed by atoms with Crippen molar-refractivity contribution in [3.8, 4) is 12.3 Å². The van der Waals surface area contributed by atoms with E-state index in [0.29, 0.717) is 67.8 Å². The van der Waals surface area contributed by atoms with Gasteiger partial charge in [0.2, 0.25) is 11.8 Å². The van der Waals surface area contributed by atoms with Crippen molar-refractivity contribution >= 4 is 51.0 Å². The lowest BCUT2D eigenvalue weighted by atomic mass is 9.91. The second kappa shape index (κ2) is 14.5. The summed E-state index contributed by atoms with van der Waals surface area (Å²) in [4.78, 5) is 57.6. The zero-order valence-electron chi connectivity index (χ0n) is 28.6. The molecule has 3 fully saturated rings. The van der Waals surface area contributed by atoms with E-state index in [2.05, 4.69) is 32.7 Å². The molecule has 262 valence electrons. The highest BCUT2D eigenvalue weighted by Crippen LogP contribution is 2.31. The van der Waals surface area contributed by atoms with Gasteiger partial charge < -0.3 is 25.4 Å². The number of benzene rings is 2. The molecule has 0 spiro atoms. The lowest BCUT2D eigenvalue weighted by Crippen LogP contribution is -2.53. The smallest absolute Gasteiger partial charge is 0.326 e. The Morgan fingerprint density at radius 2 is 1.68 bits per heavy atom. The van der Waals surface area contributed by atoms with Gasteiger partial charge in [0.05, 0.1) is 39.4 Å². The summed E-state index contributed by atoms with van der Waals surface area (Å²) >= 11 is 6.44. The van der Waals surface area contributed by atoms with Gasteiger partial charge in [-0.25, -0.2) is 4.79 Å². The van der Waals surface area contributed by atoms with Crippen molar-refractivity contribution in [1.82, 2.24) is 34.1 Å². The minimum atomic E-state index is -0.568. The number of para-hydroxylation sites is 1. The maximum absolute atomic E-state index is 14.2. The number of aromatic nitrogens is 3. The minimum absolute atomic E-state index is 0.00894. The van der Waals surface area contributed by atoms with Gasteiger partial charge >= 0.3 is 5.69 Å². The third-order valence-corrected chi connectivity index (χ3v) is 11.4. The molecule has 7 rings (SSSR count). The van der Waals surface area contributed by atoms with Crippen LogP contribution in [0.1, 0.15) is 49.3 Å². The molecule has 4 aromatic rings. The first-order chi connectivity index (χ1) is 24.2. The summed E-state index contributed by atoms with van der Waals surface area (Å²) in [5, 5.41) is 1.25. The molecule has 0 bridgehead atoms. The van der Waals surface area contributed by atoms with Crippen LogP contribution in [0, 0.1) is 18.3 Å². The number of amides is 2. The Balaban J connectivity index is 1.04. The first-order valence-electron chi connectivity index (χ1n) is 17.7. The van der Waals surface area contributed by atoms with Gasteiger partial charge in [0.15, 0.2) is 0 Å². The van der Waals surface area contributed by atoms with E-state index in [9.17, 15) is 14.4 Å². The van der Waals surface area contributed by atoms with Gasteiger partial charge in [-0.05, 0) is 62.9 Å². The van der Waals surface area contributed by atoms with Crippen molar-refractivity contribution in [3.63, 3.8) is 0 Å².